The van der Waals surface area contributed by atoms with Gasteiger partial charge >= 0.3 is 6.18 Å². The summed E-state index contributed by atoms with van der Waals surface area (Å²) in [5.74, 6) is 0. The average Bonchev–Trinajstić information content (AvgIpc) is 1.95. The molecule has 0 aliphatic heterocycles. The van der Waals surface area contributed by atoms with Gasteiger partial charge in [0, 0.05) is 6.04 Å². The van der Waals surface area contributed by atoms with E-state index in [9.17, 15) is 13.2 Å². The Kier molecular flexibility index (Phi) is 5.06. The average molecular weight is 195 g/mol. The molecule has 0 spiro atoms. The Labute approximate surface area is 77.0 Å². The van der Waals surface area contributed by atoms with Crippen LogP contribution in [0.25, 0.3) is 0 Å². The van der Waals surface area contributed by atoms with Gasteiger partial charge in [-0.1, -0.05) is 5.57 Å². The van der Waals surface area contributed by atoms with Crippen LogP contribution in [0.15, 0.2) is 12.2 Å². The molecule has 1 nitrogen and oxygen atoms in total. The van der Waals surface area contributed by atoms with E-state index in [-0.39, 0.29) is 0 Å². The van der Waals surface area contributed by atoms with Crippen LogP contribution >= 0.6 is 0 Å². The molecule has 0 heterocycles. The Bertz CT molecular complexity index is 163. The summed E-state index contributed by atoms with van der Waals surface area (Å²) in [4.78, 5) is 0. The first kappa shape index (κ1) is 12.5. The van der Waals surface area contributed by atoms with Crippen molar-refractivity contribution in [1.29, 1.82) is 0 Å². The van der Waals surface area contributed by atoms with Crippen LogP contribution in [-0.4, -0.2) is 19.3 Å². The second-order valence-electron chi connectivity index (χ2n) is 3.30. The first-order valence-corrected chi connectivity index (χ1v) is 4.23. The molecule has 1 unspecified atom stereocenters. The fourth-order valence-electron chi connectivity index (χ4n) is 1.05. The smallest absolute Gasteiger partial charge is 0.317 e. The normalized spacial score (nSPS) is 14.2. The van der Waals surface area contributed by atoms with E-state index in [0.29, 0.717) is 12.8 Å². The van der Waals surface area contributed by atoms with Crippen molar-refractivity contribution in [3.63, 3.8) is 0 Å². The number of nitrogens with one attached hydrogen (secondary N) is 1. The highest BCUT2D eigenvalue weighted by molar-refractivity contribution is 4.89. The molecule has 4 heteroatoms. The number of allylic oxidation sites excluding steroid dienone is 1. The van der Waals surface area contributed by atoms with E-state index in [0.717, 1.165) is 5.57 Å². The van der Waals surface area contributed by atoms with Gasteiger partial charge in [-0.15, -0.1) is 6.58 Å². The van der Waals surface area contributed by atoms with Crippen LogP contribution in [0.2, 0.25) is 0 Å². The molecular weight excluding hydrogens is 179 g/mol. The van der Waals surface area contributed by atoms with Gasteiger partial charge in [0.05, 0.1) is 6.42 Å². The Hall–Kier alpha value is -0.510. The monoisotopic (exact) mass is 195 g/mol. The quantitative estimate of drug-likeness (QED) is 0.665. The summed E-state index contributed by atoms with van der Waals surface area (Å²) in [5, 5.41) is 2.65. The maximum atomic E-state index is 12.0. The minimum absolute atomic E-state index is 0.489. The third-order valence-electron chi connectivity index (χ3n) is 1.81. The third-order valence-corrected chi connectivity index (χ3v) is 1.81. The van der Waals surface area contributed by atoms with E-state index >= 15 is 0 Å². The van der Waals surface area contributed by atoms with Gasteiger partial charge in [0.1, 0.15) is 0 Å². The summed E-state index contributed by atoms with van der Waals surface area (Å²) in [6.07, 6.45) is -3.72. The summed E-state index contributed by atoms with van der Waals surface area (Å²) >= 11 is 0. The Morgan fingerprint density at radius 3 is 2.31 bits per heavy atom. The molecule has 0 bridgehead atoms. The van der Waals surface area contributed by atoms with Crippen molar-refractivity contribution in [2.45, 2.75) is 38.4 Å². The van der Waals surface area contributed by atoms with Crippen molar-refractivity contribution >= 4 is 0 Å². The fraction of sp³-hybridized carbons (Fsp3) is 0.778. The fourth-order valence-corrected chi connectivity index (χ4v) is 1.05. The molecule has 0 aromatic rings. The number of halogens is 3. The van der Waals surface area contributed by atoms with Crippen molar-refractivity contribution < 1.29 is 13.2 Å². The van der Waals surface area contributed by atoms with Gasteiger partial charge in [-0.2, -0.15) is 13.2 Å². The lowest BCUT2D eigenvalue weighted by Gasteiger charge is -2.17. The van der Waals surface area contributed by atoms with E-state index < -0.39 is 18.6 Å². The molecule has 1 N–H and O–H groups in total. The van der Waals surface area contributed by atoms with Gasteiger partial charge < -0.3 is 5.32 Å². The van der Waals surface area contributed by atoms with Gasteiger partial charge in [0.15, 0.2) is 0 Å². The predicted molar refractivity (Wildman–Crippen MR) is 47.6 cm³/mol. The lowest BCUT2D eigenvalue weighted by Crippen LogP contribution is -2.30. The van der Waals surface area contributed by atoms with E-state index in [4.69, 9.17) is 0 Å². The Morgan fingerprint density at radius 1 is 1.46 bits per heavy atom. The first-order chi connectivity index (χ1) is 5.85. The highest BCUT2D eigenvalue weighted by Gasteiger charge is 2.30. The van der Waals surface area contributed by atoms with E-state index in [1.165, 1.54) is 0 Å². The van der Waals surface area contributed by atoms with Crippen LogP contribution in [0.5, 0.6) is 0 Å². The van der Waals surface area contributed by atoms with E-state index in [1.54, 1.807) is 7.05 Å². The highest BCUT2D eigenvalue weighted by atomic mass is 19.4. The molecule has 1 atom stereocenters. The molecule has 0 saturated carbocycles. The lowest BCUT2D eigenvalue weighted by molar-refractivity contribution is -0.140. The van der Waals surface area contributed by atoms with Crippen molar-refractivity contribution in [3.05, 3.63) is 12.2 Å². The van der Waals surface area contributed by atoms with Crippen LogP contribution in [0.3, 0.4) is 0 Å². The van der Waals surface area contributed by atoms with Crippen LogP contribution < -0.4 is 5.32 Å². The minimum Gasteiger partial charge on any atom is -0.317 e. The SMILES string of the molecule is C=C(C)CCC(CC(F)(F)F)NC. The Balaban J connectivity index is 3.83. The second kappa shape index (κ2) is 5.27. The summed E-state index contributed by atoms with van der Waals surface area (Å²) in [5.41, 5.74) is 0.919. The number of hydrogen-bond acceptors (Lipinski definition) is 1. The summed E-state index contributed by atoms with van der Waals surface area (Å²) in [6, 6.07) is -0.489. The molecule has 78 valence electrons. The molecule has 0 fully saturated rings. The number of hydrogen-bond donors (Lipinski definition) is 1. The zero-order chi connectivity index (χ0) is 10.5. The van der Waals surface area contributed by atoms with Crippen LogP contribution in [0.4, 0.5) is 13.2 Å². The highest BCUT2D eigenvalue weighted by Crippen LogP contribution is 2.23. The molecule has 0 aliphatic carbocycles. The molecule has 0 aromatic carbocycles. The third kappa shape index (κ3) is 7.84. The summed E-state index contributed by atoms with van der Waals surface area (Å²) < 4.78 is 35.9. The topological polar surface area (TPSA) is 12.0 Å². The van der Waals surface area contributed by atoms with Gasteiger partial charge in [-0.25, -0.2) is 0 Å². The molecule has 13 heavy (non-hydrogen) atoms. The van der Waals surface area contributed by atoms with Crippen LogP contribution in [0.1, 0.15) is 26.2 Å². The van der Waals surface area contributed by atoms with Gasteiger partial charge in [-0.3, -0.25) is 0 Å². The number of rotatable bonds is 5. The lowest BCUT2D eigenvalue weighted by atomic mass is 10.0. The van der Waals surface area contributed by atoms with Gasteiger partial charge in [0.25, 0.3) is 0 Å². The first-order valence-electron chi connectivity index (χ1n) is 4.23. The van der Waals surface area contributed by atoms with Gasteiger partial charge in [0.2, 0.25) is 0 Å². The minimum atomic E-state index is -4.08. The van der Waals surface area contributed by atoms with Crippen LogP contribution in [0, 0.1) is 0 Å². The number of alkyl halides is 3. The Morgan fingerprint density at radius 2 is 2.00 bits per heavy atom. The van der Waals surface area contributed by atoms with E-state index in [2.05, 4.69) is 11.9 Å². The molecule has 0 saturated heterocycles. The second-order valence-corrected chi connectivity index (χ2v) is 3.30. The molecule has 0 amide bonds. The van der Waals surface area contributed by atoms with Crippen molar-refractivity contribution in [1.82, 2.24) is 5.32 Å². The predicted octanol–water partition coefficient (Wildman–Crippen LogP) is 2.88. The summed E-state index contributed by atoms with van der Waals surface area (Å²) in [6.45, 7) is 5.47. The van der Waals surface area contributed by atoms with E-state index in [1.807, 2.05) is 6.92 Å². The van der Waals surface area contributed by atoms with Crippen LogP contribution in [-0.2, 0) is 0 Å². The maximum Gasteiger partial charge on any atom is 0.390 e. The molecular formula is C9H16F3N. The molecule has 0 aromatic heterocycles. The van der Waals surface area contributed by atoms with Crippen molar-refractivity contribution in [2.24, 2.45) is 0 Å². The van der Waals surface area contributed by atoms with Crippen molar-refractivity contribution in [3.8, 4) is 0 Å². The van der Waals surface area contributed by atoms with Gasteiger partial charge in [-0.05, 0) is 26.8 Å². The zero-order valence-corrected chi connectivity index (χ0v) is 8.04. The molecule has 0 aliphatic rings. The van der Waals surface area contributed by atoms with Crippen molar-refractivity contribution in [2.75, 3.05) is 7.05 Å². The summed E-state index contributed by atoms with van der Waals surface area (Å²) in [7, 11) is 1.55. The molecule has 0 rings (SSSR count). The standard InChI is InChI=1S/C9H16F3N/c1-7(2)4-5-8(13-3)6-9(10,11)12/h8,13H,1,4-6H2,2-3H3. The largest absolute Gasteiger partial charge is 0.390 e. The molecule has 0 radical (unpaired) electrons. The maximum absolute atomic E-state index is 12.0. The zero-order valence-electron chi connectivity index (χ0n) is 8.04.